The van der Waals surface area contributed by atoms with Crippen molar-refractivity contribution in [2.45, 2.75) is 26.0 Å². The minimum atomic E-state index is -2.87. The third-order valence-corrected chi connectivity index (χ3v) is 4.23. The summed E-state index contributed by atoms with van der Waals surface area (Å²) in [4.78, 5) is 33.0. The zero-order valence-electron chi connectivity index (χ0n) is 15.2. The molecule has 146 valence electrons. The molecule has 0 spiro atoms. The second kappa shape index (κ2) is 8.60. The number of ether oxygens (including phenoxy) is 1. The van der Waals surface area contributed by atoms with Gasteiger partial charge in [-0.3, -0.25) is 9.59 Å². The Balaban J connectivity index is 1.58. The van der Waals surface area contributed by atoms with Crippen molar-refractivity contribution in [1.82, 2.24) is 14.9 Å². The van der Waals surface area contributed by atoms with E-state index in [4.69, 9.17) is 0 Å². The highest BCUT2D eigenvalue weighted by Crippen LogP contribution is 2.16. The Hall–Kier alpha value is -3.29. The summed E-state index contributed by atoms with van der Waals surface area (Å²) in [5.41, 5.74) is 1.15. The summed E-state index contributed by atoms with van der Waals surface area (Å²) in [6.45, 7) is -2.54. The van der Waals surface area contributed by atoms with E-state index in [2.05, 4.69) is 14.7 Å². The van der Waals surface area contributed by atoms with Crippen LogP contribution in [0, 0.1) is 0 Å². The molecule has 2 aromatic carbocycles. The Morgan fingerprint density at radius 1 is 1.18 bits per heavy atom. The number of carbonyl (C=O) groups excluding carboxylic acids is 1. The van der Waals surface area contributed by atoms with Crippen molar-refractivity contribution in [2.75, 3.05) is 7.05 Å². The summed E-state index contributed by atoms with van der Waals surface area (Å²) in [6.07, 6.45) is 0.495. The third kappa shape index (κ3) is 4.91. The Morgan fingerprint density at radius 3 is 2.61 bits per heavy atom. The van der Waals surface area contributed by atoms with E-state index in [1.54, 1.807) is 43.4 Å². The van der Waals surface area contributed by atoms with Gasteiger partial charge < -0.3 is 14.6 Å². The number of halogens is 2. The van der Waals surface area contributed by atoms with Crippen LogP contribution in [0.2, 0.25) is 0 Å². The zero-order valence-corrected chi connectivity index (χ0v) is 15.2. The van der Waals surface area contributed by atoms with Crippen molar-refractivity contribution in [3.8, 4) is 5.75 Å². The fraction of sp³-hybridized carbons (Fsp3) is 0.250. The van der Waals surface area contributed by atoms with Crippen LogP contribution in [-0.2, 0) is 17.8 Å². The Kier molecular flexibility index (Phi) is 5.98. The SMILES string of the molecule is CN(Cc1ccc(OC(F)F)cc1)C(=O)CCc1nc2ccccc2c(=O)[nH]1. The largest absolute Gasteiger partial charge is 0.435 e. The first-order chi connectivity index (χ1) is 13.4. The summed E-state index contributed by atoms with van der Waals surface area (Å²) in [6, 6.07) is 13.1. The molecule has 0 aliphatic rings. The van der Waals surface area contributed by atoms with Crippen LogP contribution in [0.15, 0.2) is 53.3 Å². The maximum atomic E-state index is 12.4. The normalized spacial score (nSPS) is 11.0. The van der Waals surface area contributed by atoms with Crippen molar-refractivity contribution < 1.29 is 18.3 Å². The van der Waals surface area contributed by atoms with Crippen LogP contribution in [0.3, 0.4) is 0 Å². The molecular weight excluding hydrogens is 368 g/mol. The molecule has 0 fully saturated rings. The lowest BCUT2D eigenvalue weighted by Gasteiger charge is -2.17. The highest BCUT2D eigenvalue weighted by Gasteiger charge is 2.12. The minimum absolute atomic E-state index is 0.0686. The van der Waals surface area contributed by atoms with Crippen molar-refractivity contribution in [1.29, 1.82) is 0 Å². The molecule has 1 aromatic heterocycles. The monoisotopic (exact) mass is 387 g/mol. The number of hydrogen-bond donors (Lipinski definition) is 1. The van der Waals surface area contributed by atoms with Crippen molar-refractivity contribution in [3.63, 3.8) is 0 Å². The number of hydrogen-bond acceptors (Lipinski definition) is 4. The molecule has 1 amide bonds. The predicted molar refractivity (Wildman–Crippen MR) is 100 cm³/mol. The predicted octanol–water partition coefficient (Wildman–Crippen LogP) is 3.12. The van der Waals surface area contributed by atoms with E-state index in [0.29, 0.717) is 29.7 Å². The number of aryl methyl sites for hydroxylation is 1. The van der Waals surface area contributed by atoms with Gasteiger partial charge in [0.1, 0.15) is 11.6 Å². The zero-order chi connectivity index (χ0) is 20.1. The number of para-hydroxylation sites is 1. The van der Waals surface area contributed by atoms with Gasteiger partial charge in [-0.1, -0.05) is 24.3 Å². The molecule has 28 heavy (non-hydrogen) atoms. The van der Waals surface area contributed by atoms with Crippen molar-refractivity contribution in [3.05, 3.63) is 70.3 Å². The number of rotatable bonds is 7. The number of aromatic nitrogens is 2. The van der Waals surface area contributed by atoms with E-state index < -0.39 is 6.61 Å². The molecule has 0 atom stereocenters. The van der Waals surface area contributed by atoms with Crippen LogP contribution in [0.25, 0.3) is 10.9 Å². The van der Waals surface area contributed by atoms with Gasteiger partial charge in [0.05, 0.1) is 10.9 Å². The Labute approximate surface area is 159 Å². The summed E-state index contributed by atoms with van der Waals surface area (Å²) >= 11 is 0. The van der Waals surface area contributed by atoms with Gasteiger partial charge in [0, 0.05) is 26.4 Å². The van der Waals surface area contributed by atoms with Crippen molar-refractivity contribution >= 4 is 16.8 Å². The van der Waals surface area contributed by atoms with E-state index >= 15 is 0 Å². The Bertz CT molecular complexity index is 1020. The molecule has 0 aliphatic heterocycles. The van der Waals surface area contributed by atoms with Crippen LogP contribution in [0.1, 0.15) is 17.8 Å². The molecule has 8 heteroatoms. The molecule has 0 unspecified atom stereocenters. The van der Waals surface area contributed by atoms with Gasteiger partial charge in [0.25, 0.3) is 5.56 Å². The second-order valence-electron chi connectivity index (χ2n) is 6.30. The van der Waals surface area contributed by atoms with Gasteiger partial charge in [0.2, 0.25) is 5.91 Å². The van der Waals surface area contributed by atoms with Crippen LogP contribution in [0.4, 0.5) is 8.78 Å². The van der Waals surface area contributed by atoms with E-state index in [1.165, 1.54) is 17.0 Å². The molecule has 3 rings (SSSR count). The number of amides is 1. The molecule has 1 heterocycles. The van der Waals surface area contributed by atoms with E-state index in [-0.39, 0.29) is 23.6 Å². The van der Waals surface area contributed by atoms with Crippen LogP contribution in [-0.4, -0.2) is 34.4 Å². The minimum Gasteiger partial charge on any atom is -0.435 e. The second-order valence-corrected chi connectivity index (χ2v) is 6.30. The van der Waals surface area contributed by atoms with E-state index in [0.717, 1.165) is 5.56 Å². The van der Waals surface area contributed by atoms with Gasteiger partial charge in [-0.05, 0) is 29.8 Å². The van der Waals surface area contributed by atoms with Gasteiger partial charge in [-0.2, -0.15) is 8.78 Å². The first-order valence-electron chi connectivity index (χ1n) is 8.68. The molecular formula is C20H19F2N3O3. The Morgan fingerprint density at radius 2 is 1.89 bits per heavy atom. The molecule has 0 saturated heterocycles. The topological polar surface area (TPSA) is 75.3 Å². The highest BCUT2D eigenvalue weighted by atomic mass is 19.3. The lowest BCUT2D eigenvalue weighted by molar-refractivity contribution is -0.130. The lowest BCUT2D eigenvalue weighted by Crippen LogP contribution is -2.26. The van der Waals surface area contributed by atoms with Gasteiger partial charge in [-0.15, -0.1) is 0 Å². The summed E-state index contributed by atoms with van der Waals surface area (Å²) < 4.78 is 28.6. The first kappa shape index (κ1) is 19.5. The number of fused-ring (bicyclic) bond motifs is 1. The fourth-order valence-corrected chi connectivity index (χ4v) is 2.81. The van der Waals surface area contributed by atoms with Crippen molar-refractivity contribution in [2.24, 2.45) is 0 Å². The molecule has 1 N–H and O–H groups in total. The van der Waals surface area contributed by atoms with E-state index in [9.17, 15) is 18.4 Å². The third-order valence-electron chi connectivity index (χ3n) is 4.23. The number of aromatic amines is 1. The number of H-pyrrole nitrogens is 1. The summed E-state index contributed by atoms with van der Waals surface area (Å²) in [5, 5.41) is 0.508. The number of nitrogens with one attached hydrogen (secondary N) is 1. The maximum Gasteiger partial charge on any atom is 0.387 e. The molecule has 0 aliphatic carbocycles. The van der Waals surface area contributed by atoms with Gasteiger partial charge >= 0.3 is 6.61 Å². The summed E-state index contributed by atoms with van der Waals surface area (Å²) in [5.74, 6) is 0.404. The average molecular weight is 387 g/mol. The summed E-state index contributed by atoms with van der Waals surface area (Å²) in [7, 11) is 1.66. The fourth-order valence-electron chi connectivity index (χ4n) is 2.81. The maximum absolute atomic E-state index is 12.4. The number of alkyl halides is 2. The lowest BCUT2D eigenvalue weighted by atomic mass is 10.2. The van der Waals surface area contributed by atoms with Crippen LogP contribution in [0.5, 0.6) is 5.75 Å². The van der Waals surface area contributed by atoms with Gasteiger partial charge in [-0.25, -0.2) is 4.98 Å². The first-order valence-corrected chi connectivity index (χ1v) is 8.68. The molecule has 0 bridgehead atoms. The molecule has 3 aromatic rings. The molecule has 6 nitrogen and oxygen atoms in total. The number of benzene rings is 2. The average Bonchev–Trinajstić information content (AvgIpc) is 2.67. The van der Waals surface area contributed by atoms with Crippen LogP contribution >= 0.6 is 0 Å². The smallest absolute Gasteiger partial charge is 0.387 e. The van der Waals surface area contributed by atoms with E-state index in [1.807, 2.05) is 0 Å². The molecule has 0 radical (unpaired) electrons. The number of nitrogens with zero attached hydrogens (tertiary/aromatic N) is 2. The van der Waals surface area contributed by atoms with Crippen LogP contribution < -0.4 is 10.3 Å². The quantitative estimate of drug-likeness (QED) is 0.676. The number of carbonyl (C=O) groups is 1. The standard InChI is InChI=1S/C20H19F2N3O3/c1-25(12-13-6-8-14(9-7-13)28-20(21)22)18(26)11-10-17-23-16-5-3-2-4-15(16)19(27)24-17/h2-9,20H,10-12H2,1H3,(H,23,24,27). The molecule has 0 saturated carbocycles. The van der Waals surface area contributed by atoms with Gasteiger partial charge in [0.15, 0.2) is 0 Å². The highest BCUT2D eigenvalue weighted by molar-refractivity contribution is 5.78.